The van der Waals surface area contributed by atoms with Crippen molar-refractivity contribution < 1.29 is 14.7 Å². The molecule has 0 aromatic heterocycles. The minimum atomic E-state index is -0.842. The topological polar surface area (TPSA) is 66.4 Å². The zero-order chi connectivity index (χ0) is 10.6. The number of hydrogen-bond donors (Lipinski definition) is 2. The second-order valence-electron chi connectivity index (χ2n) is 3.64. The number of carbonyl (C=O) groups excluding carboxylic acids is 1. The molecular formula is C9H15NO3S. The number of rotatable bonds is 3. The Morgan fingerprint density at radius 3 is 2.43 bits per heavy atom. The molecule has 0 radical (unpaired) electrons. The van der Waals surface area contributed by atoms with Gasteiger partial charge in [-0.2, -0.15) is 11.8 Å². The Kier molecular flexibility index (Phi) is 3.80. The van der Waals surface area contributed by atoms with Crippen LogP contribution in [0, 0.1) is 0 Å². The molecule has 1 aliphatic heterocycles. The minimum absolute atomic E-state index is 0.0349. The van der Waals surface area contributed by atoms with Crippen molar-refractivity contribution in [1.29, 1.82) is 0 Å². The Bertz CT molecular complexity index is 218. The molecule has 0 saturated carbocycles. The fourth-order valence-corrected chi connectivity index (χ4v) is 3.05. The summed E-state index contributed by atoms with van der Waals surface area (Å²) in [6.45, 7) is 1.44. The predicted molar refractivity (Wildman–Crippen MR) is 55.4 cm³/mol. The molecule has 0 spiro atoms. The quantitative estimate of drug-likeness (QED) is 0.736. The molecule has 0 bridgehead atoms. The Morgan fingerprint density at radius 2 is 2.00 bits per heavy atom. The van der Waals surface area contributed by atoms with Crippen molar-refractivity contribution in [3.05, 3.63) is 0 Å². The van der Waals surface area contributed by atoms with Gasteiger partial charge in [0.05, 0.1) is 12.0 Å². The molecule has 80 valence electrons. The van der Waals surface area contributed by atoms with Crippen LogP contribution in [0.3, 0.4) is 0 Å². The van der Waals surface area contributed by atoms with E-state index in [9.17, 15) is 9.59 Å². The van der Waals surface area contributed by atoms with Gasteiger partial charge < -0.3 is 10.4 Å². The van der Waals surface area contributed by atoms with Crippen molar-refractivity contribution >= 4 is 23.6 Å². The molecule has 4 nitrogen and oxygen atoms in total. The maximum Gasteiger partial charge on any atom is 0.305 e. The van der Waals surface area contributed by atoms with E-state index in [0.717, 1.165) is 24.3 Å². The average molecular weight is 217 g/mol. The largest absolute Gasteiger partial charge is 0.481 e. The summed E-state index contributed by atoms with van der Waals surface area (Å²) in [6.07, 6.45) is 1.54. The molecule has 14 heavy (non-hydrogen) atoms. The molecule has 1 rings (SSSR count). The summed E-state index contributed by atoms with van der Waals surface area (Å²) in [5, 5.41) is 11.6. The van der Waals surface area contributed by atoms with E-state index in [-0.39, 0.29) is 12.3 Å². The van der Waals surface area contributed by atoms with Crippen molar-refractivity contribution in [1.82, 2.24) is 5.32 Å². The minimum Gasteiger partial charge on any atom is -0.481 e. The molecule has 1 amide bonds. The molecule has 1 fully saturated rings. The molecule has 0 unspecified atom stereocenters. The lowest BCUT2D eigenvalue weighted by Crippen LogP contribution is -2.51. The van der Waals surface area contributed by atoms with Crippen LogP contribution in [0.4, 0.5) is 0 Å². The number of carboxylic acid groups (broad SMARTS) is 1. The second-order valence-corrected chi connectivity index (χ2v) is 4.87. The fraction of sp³-hybridized carbons (Fsp3) is 0.778. The van der Waals surface area contributed by atoms with Gasteiger partial charge in [0.1, 0.15) is 0 Å². The van der Waals surface area contributed by atoms with Crippen molar-refractivity contribution in [3.8, 4) is 0 Å². The Balaban J connectivity index is 2.66. The van der Waals surface area contributed by atoms with Gasteiger partial charge in [-0.05, 0) is 24.3 Å². The standard InChI is InChI=1S/C9H15NO3S/c1-7(11)10-9(6-8(12)13)2-4-14-5-3-9/h2-6H2,1H3,(H,10,11)(H,12,13). The van der Waals surface area contributed by atoms with Crippen LogP contribution in [0.2, 0.25) is 0 Å². The third kappa shape index (κ3) is 3.21. The maximum absolute atomic E-state index is 11.0. The second kappa shape index (κ2) is 4.68. The van der Waals surface area contributed by atoms with Crippen molar-refractivity contribution in [2.75, 3.05) is 11.5 Å². The fourth-order valence-electron chi connectivity index (χ4n) is 1.77. The van der Waals surface area contributed by atoms with E-state index in [1.807, 2.05) is 11.8 Å². The summed E-state index contributed by atoms with van der Waals surface area (Å²) in [7, 11) is 0. The number of carbonyl (C=O) groups is 2. The molecule has 1 saturated heterocycles. The van der Waals surface area contributed by atoms with Gasteiger partial charge in [-0.1, -0.05) is 0 Å². The van der Waals surface area contributed by atoms with Gasteiger partial charge in [-0.15, -0.1) is 0 Å². The molecule has 5 heteroatoms. The summed E-state index contributed by atoms with van der Waals surface area (Å²) in [6, 6.07) is 0. The third-order valence-corrected chi connectivity index (χ3v) is 3.37. The van der Waals surface area contributed by atoms with Gasteiger partial charge in [0, 0.05) is 6.92 Å². The lowest BCUT2D eigenvalue weighted by Gasteiger charge is -2.36. The SMILES string of the molecule is CC(=O)NC1(CC(=O)O)CCSCC1. The van der Waals surface area contributed by atoms with Crippen molar-refractivity contribution in [3.63, 3.8) is 0 Å². The lowest BCUT2D eigenvalue weighted by molar-refractivity contribution is -0.139. The predicted octanol–water partition coefficient (Wildman–Crippen LogP) is 0.863. The van der Waals surface area contributed by atoms with Gasteiger partial charge in [-0.3, -0.25) is 9.59 Å². The zero-order valence-electron chi connectivity index (χ0n) is 8.21. The molecule has 2 N–H and O–H groups in total. The van der Waals surface area contributed by atoms with E-state index in [0.29, 0.717) is 0 Å². The Labute approximate surface area is 87.4 Å². The lowest BCUT2D eigenvalue weighted by atomic mass is 9.88. The van der Waals surface area contributed by atoms with Gasteiger partial charge in [-0.25, -0.2) is 0 Å². The first-order valence-electron chi connectivity index (χ1n) is 4.62. The van der Waals surface area contributed by atoms with Crippen LogP contribution in [0.25, 0.3) is 0 Å². The van der Waals surface area contributed by atoms with E-state index in [1.54, 1.807) is 0 Å². The van der Waals surface area contributed by atoms with Crippen LogP contribution in [-0.4, -0.2) is 34.0 Å². The van der Waals surface area contributed by atoms with Gasteiger partial charge in [0.2, 0.25) is 5.91 Å². The number of amides is 1. The van der Waals surface area contributed by atoms with E-state index in [4.69, 9.17) is 5.11 Å². The summed E-state index contributed by atoms with van der Waals surface area (Å²) < 4.78 is 0. The molecular weight excluding hydrogens is 202 g/mol. The first-order valence-corrected chi connectivity index (χ1v) is 5.78. The van der Waals surface area contributed by atoms with Gasteiger partial charge >= 0.3 is 5.97 Å². The number of aliphatic carboxylic acids is 1. The zero-order valence-corrected chi connectivity index (χ0v) is 9.02. The highest BCUT2D eigenvalue weighted by Crippen LogP contribution is 2.29. The van der Waals surface area contributed by atoms with Crippen LogP contribution in [-0.2, 0) is 9.59 Å². The van der Waals surface area contributed by atoms with Gasteiger partial charge in [0.15, 0.2) is 0 Å². The maximum atomic E-state index is 11.0. The Hall–Kier alpha value is -0.710. The van der Waals surface area contributed by atoms with Crippen molar-refractivity contribution in [2.24, 2.45) is 0 Å². The van der Waals surface area contributed by atoms with E-state index in [1.165, 1.54) is 6.92 Å². The highest BCUT2D eigenvalue weighted by Gasteiger charge is 2.35. The highest BCUT2D eigenvalue weighted by molar-refractivity contribution is 7.99. The Morgan fingerprint density at radius 1 is 1.43 bits per heavy atom. The van der Waals surface area contributed by atoms with Crippen LogP contribution in [0.1, 0.15) is 26.2 Å². The molecule has 0 aromatic rings. The summed E-state index contributed by atoms with van der Waals surface area (Å²) in [5.74, 6) is 0.866. The number of nitrogens with one attached hydrogen (secondary N) is 1. The van der Waals surface area contributed by atoms with Gasteiger partial charge in [0.25, 0.3) is 0 Å². The van der Waals surface area contributed by atoms with Crippen LogP contribution in [0.15, 0.2) is 0 Å². The normalized spacial score (nSPS) is 20.1. The average Bonchev–Trinajstić information content (AvgIpc) is 2.01. The third-order valence-electron chi connectivity index (χ3n) is 2.38. The highest BCUT2D eigenvalue weighted by atomic mass is 32.2. The monoisotopic (exact) mass is 217 g/mol. The van der Waals surface area contributed by atoms with E-state index in [2.05, 4.69) is 5.32 Å². The number of thioether (sulfide) groups is 1. The summed E-state index contributed by atoms with van der Waals surface area (Å²) in [4.78, 5) is 21.7. The van der Waals surface area contributed by atoms with Crippen molar-refractivity contribution in [2.45, 2.75) is 31.7 Å². The number of carboxylic acids is 1. The van der Waals surface area contributed by atoms with E-state index < -0.39 is 11.5 Å². The van der Waals surface area contributed by atoms with E-state index >= 15 is 0 Å². The van der Waals surface area contributed by atoms with Crippen LogP contribution >= 0.6 is 11.8 Å². The molecule has 1 aliphatic rings. The smallest absolute Gasteiger partial charge is 0.305 e. The first kappa shape index (κ1) is 11.4. The molecule has 0 atom stereocenters. The van der Waals surface area contributed by atoms with Crippen LogP contribution < -0.4 is 5.32 Å². The summed E-state index contributed by atoms with van der Waals surface area (Å²) >= 11 is 1.81. The number of hydrogen-bond acceptors (Lipinski definition) is 3. The first-order chi connectivity index (χ1) is 6.54. The molecule has 0 aromatic carbocycles. The van der Waals surface area contributed by atoms with Crippen LogP contribution in [0.5, 0.6) is 0 Å². The summed E-state index contributed by atoms with van der Waals surface area (Å²) in [5.41, 5.74) is -0.497. The molecule has 1 heterocycles. The molecule has 0 aliphatic carbocycles.